The van der Waals surface area contributed by atoms with Crippen molar-refractivity contribution in [3.05, 3.63) is 34.9 Å². The molecule has 0 spiro atoms. The van der Waals surface area contributed by atoms with Crippen molar-refractivity contribution in [1.29, 1.82) is 0 Å². The van der Waals surface area contributed by atoms with E-state index >= 15 is 0 Å². The number of methoxy groups -OCH3 is 1. The standard InChI is InChI=1S/C16H22N2O2.ClH/c1-11-5-6-18(10-15(11)20-2)16(19)12-3-4-13-8-17-9-14(13)7-12;/h3-4,7,11,15,17H,5-6,8-10H2,1-2H3;1H. The summed E-state index contributed by atoms with van der Waals surface area (Å²) in [6.07, 6.45) is 1.17. The number of rotatable bonds is 2. The van der Waals surface area contributed by atoms with E-state index in [1.807, 2.05) is 17.0 Å². The molecule has 2 aliphatic rings. The zero-order chi connectivity index (χ0) is 14.1. The molecule has 1 fully saturated rings. The van der Waals surface area contributed by atoms with E-state index in [1.54, 1.807) is 7.11 Å². The highest BCUT2D eigenvalue weighted by atomic mass is 35.5. The van der Waals surface area contributed by atoms with Gasteiger partial charge in [-0.1, -0.05) is 13.0 Å². The van der Waals surface area contributed by atoms with Gasteiger partial charge in [-0.25, -0.2) is 0 Å². The van der Waals surface area contributed by atoms with Gasteiger partial charge >= 0.3 is 0 Å². The molecule has 0 saturated carbocycles. The van der Waals surface area contributed by atoms with Crippen LogP contribution in [0.1, 0.15) is 34.8 Å². The lowest BCUT2D eigenvalue weighted by Gasteiger charge is -2.36. The van der Waals surface area contributed by atoms with Crippen LogP contribution in [-0.2, 0) is 17.8 Å². The Hall–Kier alpha value is -1.10. The van der Waals surface area contributed by atoms with E-state index in [2.05, 4.69) is 18.3 Å². The van der Waals surface area contributed by atoms with Gasteiger partial charge in [-0.3, -0.25) is 4.79 Å². The topological polar surface area (TPSA) is 41.6 Å². The highest BCUT2D eigenvalue weighted by Crippen LogP contribution is 2.23. The monoisotopic (exact) mass is 310 g/mol. The van der Waals surface area contributed by atoms with Gasteiger partial charge in [0.25, 0.3) is 5.91 Å². The van der Waals surface area contributed by atoms with Crippen molar-refractivity contribution in [3.63, 3.8) is 0 Å². The number of hydrogen-bond acceptors (Lipinski definition) is 3. The van der Waals surface area contributed by atoms with E-state index in [9.17, 15) is 4.79 Å². The molecule has 21 heavy (non-hydrogen) atoms. The number of halogens is 1. The molecule has 0 aromatic heterocycles. The van der Waals surface area contributed by atoms with E-state index in [0.717, 1.165) is 31.6 Å². The van der Waals surface area contributed by atoms with Crippen molar-refractivity contribution >= 4 is 18.3 Å². The molecule has 4 nitrogen and oxygen atoms in total. The summed E-state index contributed by atoms with van der Waals surface area (Å²) in [4.78, 5) is 14.5. The third kappa shape index (κ3) is 3.23. The predicted molar refractivity (Wildman–Crippen MR) is 84.7 cm³/mol. The van der Waals surface area contributed by atoms with E-state index in [4.69, 9.17) is 4.74 Å². The summed E-state index contributed by atoms with van der Waals surface area (Å²) >= 11 is 0. The molecule has 1 N–H and O–H groups in total. The Morgan fingerprint density at radius 3 is 2.86 bits per heavy atom. The number of nitrogens with zero attached hydrogens (tertiary/aromatic N) is 1. The molecule has 1 aromatic rings. The van der Waals surface area contributed by atoms with E-state index in [1.165, 1.54) is 11.1 Å². The number of piperidine rings is 1. The van der Waals surface area contributed by atoms with Gasteiger partial charge in [0.15, 0.2) is 0 Å². The van der Waals surface area contributed by atoms with Gasteiger partial charge in [-0.2, -0.15) is 0 Å². The largest absolute Gasteiger partial charge is 0.379 e. The summed E-state index contributed by atoms with van der Waals surface area (Å²) in [5.41, 5.74) is 3.37. The molecule has 1 aromatic carbocycles. The summed E-state index contributed by atoms with van der Waals surface area (Å²) < 4.78 is 5.49. The van der Waals surface area contributed by atoms with Crippen LogP contribution in [-0.4, -0.2) is 37.1 Å². The van der Waals surface area contributed by atoms with Gasteiger partial charge in [-0.05, 0) is 35.6 Å². The van der Waals surface area contributed by atoms with E-state index < -0.39 is 0 Å². The summed E-state index contributed by atoms with van der Waals surface area (Å²) in [7, 11) is 1.73. The molecule has 2 unspecified atom stereocenters. The highest BCUT2D eigenvalue weighted by Gasteiger charge is 2.29. The number of carbonyl (C=O) groups is 1. The molecule has 2 atom stereocenters. The number of nitrogens with one attached hydrogen (secondary N) is 1. The number of amides is 1. The van der Waals surface area contributed by atoms with Crippen LogP contribution in [0.4, 0.5) is 0 Å². The molecule has 2 heterocycles. The smallest absolute Gasteiger partial charge is 0.253 e. The molecule has 1 saturated heterocycles. The van der Waals surface area contributed by atoms with E-state index in [0.29, 0.717) is 12.5 Å². The lowest BCUT2D eigenvalue weighted by molar-refractivity contribution is -0.00156. The number of carbonyl (C=O) groups excluding carboxylic acids is 1. The lowest BCUT2D eigenvalue weighted by Crippen LogP contribution is -2.46. The first-order valence-electron chi connectivity index (χ1n) is 7.33. The van der Waals surface area contributed by atoms with Crippen molar-refractivity contribution in [2.45, 2.75) is 32.5 Å². The Bertz CT molecular complexity index is 521. The van der Waals surface area contributed by atoms with Crippen LogP contribution >= 0.6 is 12.4 Å². The Balaban J connectivity index is 0.00000161. The summed E-state index contributed by atoms with van der Waals surface area (Å²) in [6.45, 7) is 5.50. The van der Waals surface area contributed by atoms with Gasteiger partial charge in [0.2, 0.25) is 0 Å². The zero-order valence-corrected chi connectivity index (χ0v) is 13.4. The van der Waals surface area contributed by atoms with Crippen molar-refractivity contribution < 1.29 is 9.53 Å². The number of ether oxygens (including phenoxy) is 1. The minimum Gasteiger partial charge on any atom is -0.379 e. The molecule has 1 amide bonds. The Morgan fingerprint density at radius 1 is 1.33 bits per heavy atom. The minimum absolute atomic E-state index is 0. The second-order valence-electron chi connectivity index (χ2n) is 5.88. The van der Waals surface area contributed by atoms with Crippen molar-refractivity contribution in [2.75, 3.05) is 20.2 Å². The van der Waals surface area contributed by atoms with Crippen LogP contribution in [0.15, 0.2) is 18.2 Å². The van der Waals surface area contributed by atoms with Gasteiger partial charge < -0.3 is 15.0 Å². The molecule has 0 bridgehead atoms. The van der Waals surface area contributed by atoms with Gasteiger partial charge in [0, 0.05) is 38.9 Å². The van der Waals surface area contributed by atoms with E-state index in [-0.39, 0.29) is 24.4 Å². The van der Waals surface area contributed by atoms with Crippen LogP contribution in [0.5, 0.6) is 0 Å². The molecule has 5 heteroatoms. The second-order valence-corrected chi connectivity index (χ2v) is 5.88. The van der Waals surface area contributed by atoms with Gasteiger partial charge in [-0.15, -0.1) is 12.4 Å². The summed E-state index contributed by atoms with van der Waals surface area (Å²) in [6, 6.07) is 6.06. The van der Waals surface area contributed by atoms with Crippen LogP contribution in [0.25, 0.3) is 0 Å². The minimum atomic E-state index is 0. The number of fused-ring (bicyclic) bond motifs is 1. The number of hydrogen-bond donors (Lipinski definition) is 1. The first-order valence-corrected chi connectivity index (χ1v) is 7.33. The summed E-state index contributed by atoms with van der Waals surface area (Å²) in [5.74, 6) is 0.655. The van der Waals surface area contributed by atoms with Gasteiger partial charge in [0.05, 0.1) is 6.10 Å². The molecule has 0 aliphatic carbocycles. The van der Waals surface area contributed by atoms with Crippen molar-refractivity contribution in [2.24, 2.45) is 5.92 Å². The molecule has 0 radical (unpaired) electrons. The maximum atomic E-state index is 12.6. The number of benzene rings is 1. The zero-order valence-electron chi connectivity index (χ0n) is 12.6. The quantitative estimate of drug-likeness (QED) is 0.910. The summed E-state index contributed by atoms with van der Waals surface area (Å²) in [5, 5.41) is 3.31. The first kappa shape index (κ1) is 16.3. The van der Waals surface area contributed by atoms with Crippen LogP contribution in [0.2, 0.25) is 0 Å². The van der Waals surface area contributed by atoms with Crippen molar-refractivity contribution in [3.8, 4) is 0 Å². The van der Waals surface area contributed by atoms with Crippen LogP contribution in [0.3, 0.4) is 0 Å². The maximum absolute atomic E-state index is 12.6. The van der Waals surface area contributed by atoms with Gasteiger partial charge in [0.1, 0.15) is 0 Å². The van der Waals surface area contributed by atoms with Crippen LogP contribution in [0, 0.1) is 5.92 Å². The average molecular weight is 311 g/mol. The SMILES string of the molecule is COC1CN(C(=O)c2ccc3c(c2)CNC3)CCC1C.Cl. The highest BCUT2D eigenvalue weighted by molar-refractivity contribution is 5.94. The molecule has 116 valence electrons. The first-order chi connectivity index (χ1) is 9.69. The average Bonchev–Trinajstić information content (AvgIpc) is 2.94. The fourth-order valence-electron chi connectivity index (χ4n) is 3.14. The third-order valence-electron chi connectivity index (χ3n) is 4.56. The van der Waals surface area contributed by atoms with Crippen LogP contribution < -0.4 is 5.32 Å². The molecular formula is C16H23ClN2O2. The Kier molecular flexibility index (Phi) is 5.25. The third-order valence-corrected chi connectivity index (χ3v) is 4.56. The second kappa shape index (κ2) is 6.77. The predicted octanol–water partition coefficient (Wildman–Crippen LogP) is 2.21. The Labute approximate surface area is 132 Å². The number of likely N-dealkylation sites (tertiary alicyclic amines) is 1. The fourth-order valence-corrected chi connectivity index (χ4v) is 3.14. The Morgan fingerprint density at radius 2 is 2.10 bits per heavy atom. The lowest BCUT2D eigenvalue weighted by atomic mass is 9.95. The molecule has 2 aliphatic heterocycles. The maximum Gasteiger partial charge on any atom is 0.253 e. The fraction of sp³-hybridized carbons (Fsp3) is 0.562. The molecule has 3 rings (SSSR count). The normalized spacial score (nSPS) is 24.4. The molecular weight excluding hydrogens is 288 g/mol. The van der Waals surface area contributed by atoms with Crippen molar-refractivity contribution in [1.82, 2.24) is 10.2 Å².